The highest BCUT2D eigenvalue weighted by Crippen LogP contribution is 2.28. The molecule has 0 unspecified atom stereocenters. The molecule has 2 aromatic carbocycles. The normalized spacial score (nSPS) is 11.7. The fraction of sp³-hybridized carbons (Fsp3) is 0.0870. The number of pyridine rings is 1. The lowest BCUT2D eigenvalue weighted by Gasteiger charge is -2.07. The summed E-state index contributed by atoms with van der Waals surface area (Å²) in [6, 6.07) is 18.9. The topological polar surface area (TPSA) is 71.3 Å². The van der Waals surface area contributed by atoms with Crippen LogP contribution in [0.5, 0.6) is 0 Å². The van der Waals surface area contributed by atoms with E-state index in [9.17, 15) is 18.0 Å². The predicted molar refractivity (Wildman–Crippen MR) is 117 cm³/mol. The van der Waals surface area contributed by atoms with Gasteiger partial charge in [0.25, 0.3) is 0 Å². The van der Waals surface area contributed by atoms with Crippen LogP contribution in [0.2, 0.25) is 0 Å². The van der Waals surface area contributed by atoms with Crippen LogP contribution in [0.15, 0.2) is 84.2 Å². The summed E-state index contributed by atoms with van der Waals surface area (Å²) in [5.74, 6) is 0.00717. The second-order valence-electron chi connectivity index (χ2n) is 6.94. The first kappa shape index (κ1) is 21.1. The zero-order valence-corrected chi connectivity index (χ0v) is 16.7. The molecule has 2 N–H and O–H groups in total. The number of rotatable bonds is 6. The molecule has 0 bridgehead atoms. The highest BCUT2D eigenvalue weighted by Gasteiger charge is 2.30. The van der Waals surface area contributed by atoms with Gasteiger partial charge in [-0.1, -0.05) is 36.4 Å². The Bertz CT molecular complexity index is 1250. The minimum Gasteiger partial charge on any atom is -0.337 e. The Labute approximate surface area is 181 Å². The molecule has 0 aliphatic carbocycles. The average molecular weight is 437 g/mol. The lowest BCUT2D eigenvalue weighted by atomic mass is 10.2. The van der Waals surface area contributed by atoms with Gasteiger partial charge in [-0.25, -0.2) is 4.98 Å². The summed E-state index contributed by atoms with van der Waals surface area (Å²) >= 11 is 0. The number of nitrogens with one attached hydrogen (secondary N) is 2. The Balaban J connectivity index is 1.49. The summed E-state index contributed by atoms with van der Waals surface area (Å²) in [5, 5.41) is 7.81. The van der Waals surface area contributed by atoms with Crippen LogP contribution in [-0.4, -0.2) is 21.7 Å². The third kappa shape index (κ3) is 4.94. The van der Waals surface area contributed by atoms with Crippen LogP contribution in [0.3, 0.4) is 0 Å². The number of para-hydroxylation sites is 2. The fourth-order valence-corrected chi connectivity index (χ4v) is 3.18. The maximum Gasteiger partial charge on any atom is 0.417 e. The van der Waals surface area contributed by atoms with E-state index in [1.807, 2.05) is 59.2 Å². The van der Waals surface area contributed by atoms with E-state index in [2.05, 4.69) is 20.8 Å². The molecule has 4 rings (SSSR count). The summed E-state index contributed by atoms with van der Waals surface area (Å²) < 4.78 is 39.7. The van der Waals surface area contributed by atoms with Gasteiger partial charge < -0.3 is 9.88 Å². The average Bonchev–Trinajstić information content (AvgIpc) is 3.11. The molecule has 2 heterocycles. The second-order valence-corrected chi connectivity index (χ2v) is 6.94. The SMILES string of the molecule is O=C(Cn1cc(/C=N\Nc2ccc(C(F)(F)F)cn2)c2ccccc21)Nc1ccccc1. The van der Waals surface area contributed by atoms with Crippen molar-refractivity contribution in [2.75, 3.05) is 10.7 Å². The van der Waals surface area contributed by atoms with E-state index in [1.165, 1.54) is 12.3 Å². The molecule has 1 amide bonds. The van der Waals surface area contributed by atoms with Crippen molar-refractivity contribution < 1.29 is 18.0 Å². The maximum atomic E-state index is 12.6. The van der Waals surface area contributed by atoms with Crippen LogP contribution in [0.4, 0.5) is 24.7 Å². The monoisotopic (exact) mass is 437 g/mol. The lowest BCUT2D eigenvalue weighted by molar-refractivity contribution is -0.137. The number of amides is 1. The molecule has 0 aliphatic heterocycles. The summed E-state index contributed by atoms with van der Waals surface area (Å²) in [6.45, 7) is 0.108. The number of halogens is 3. The van der Waals surface area contributed by atoms with Crippen molar-refractivity contribution in [2.45, 2.75) is 12.7 Å². The highest BCUT2D eigenvalue weighted by molar-refractivity contribution is 6.00. The molecule has 0 aliphatic rings. The third-order valence-corrected chi connectivity index (χ3v) is 4.66. The summed E-state index contributed by atoms with van der Waals surface area (Å²) in [4.78, 5) is 16.2. The molecule has 0 saturated heterocycles. The second kappa shape index (κ2) is 8.93. The van der Waals surface area contributed by atoms with E-state index in [-0.39, 0.29) is 18.3 Å². The molecule has 9 heteroatoms. The largest absolute Gasteiger partial charge is 0.417 e. The van der Waals surface area contributed by atoms with Gasteiger partial charge in [-0.2, -0.15) is 18.3 Å². The van der Waals surface area contributed by atoms with Gasteiger partial charge in [0.15, 0.2) is 0 Å². The van der Waals surface area contributed by atoms with Gasteiger partial charge in [0, 0.05) is 34.5 Å². The minimum absolute atomic E-state index is 0.108. The number of carbonyl (C=O) groups is 1. The van der Waals surface area contributed by atoms with Gasteiger partial charge in [-0.3, -0.25) is 10.2 Å². The highest BCUT2D eigenvalue weighted by atomic mass is 19.4. The number of carbonyl (C=O) groups excluding carboxylic acids is 1. The molecule has 0 radical (unpaired) electrons. The quantitative estimate of drug-likeness (QED) is 0.324. The Morgan fingerprint density at radius 3 is 2.50 bits per heavy atom. The van der Waals surface area contributed by atoms with Gasteiger partial charge in [-0.15, -0.1) is 0 Å². The van der Waals surface area contributed by atoms with Crippen molar-refractivity contribution in [3.8, 4) is 0 Å². The van der Waals surface area contributed by atoms with Crippen molar-refractivity contribution in [1.29, 1.82) is 0 Å². The van der Waals surface area contributed by atoms with Gasteiger partial charge in [0.1, 0.15) is 12.4 Å². The van der Waals surface area contributed by atoms with Crippen molar-refractivity contribution in [3.05, 3.63) is 90.3 Å². The van der Waals surface area contributed by atoms with Crippen LogP contribution in [-0.2, 0) is 17.5 Å². The summed E-state index contributed by atoms with van der Waals surface area (Å²) in [6.07, 6.45) is -0.369. The summed E-state index contributed by atoms with van der Waals surface area (Å²) in [5.41, 5.74) is 4.10. The number of nitrogens with zero attached hydrogens (tertiary/aromatic N) is 3. The number of anilines is 2. The molecule has 0 spiro atoms. The lowest BCUT2D eigenvalue weighted by Crippen LogP contribution is -2.18. The number of hydrogen-bond acceptors (Lipinski definition) is 4. The zero-order chi connectivity index (χ0) is 22.6. The minimum atomic E-state index is -4.44. The smallest absolute Gasteiger partial charge is 0.337 e. The maximum absolute atomic E-state index is 12.6. The molecule has 0 fully saturated rings. The van der Waals surface area contributed by atoms with Crippen LogP contribution in [0.25, 0.3) is 10.9 Å². The number of benzene rings is 2. The van der Waals surface area contributed by atoms with Crippen molar-refractivity contribution in [1.82, 2.24) is 9.55 Å². The molecular weight excluding hydrogens is 419 g/mol. The van der Waals surface area contributed by atoms with E-state index in [0.29, 0.717) is 5.69 Å². The van der Waals surface area contributed by atoms with E-state index in [4.69, 9.17) is 0 Å². The number of alkyl halides is 3. The first-order valence-electron chi connectivity index (χ1n) is 9.65. The van der Waals surface area contributed by atoms with Crippen LogP contribution in [0, 0.1) is 0 Å². The molecule has 2 aromatic heterocycles. The zero-order valence-electron chi connectivity index (χ0n) is 16.7. The number of fused-ring (bicyclic) bond motifs is 1. The van der Waals surface area contributed by atoms with Crippen molar-refractivity contribution >= 4 is 34.5 Å². The van der Waals surface area contributed by atoms with Crippen LogP contribution in [0.1, 0.15) is 11.1 Å². The fourth-order valence-electron chi connectivity index (χ4n) is 3.18. The molecule has 0 atom stereocenters. The third-order valence-electron chi connectivity index (χ3n) is 4.66. The van der Waals surface area contributed by atoms with Gasteiger partial charge in [-0.05, 0) is 30.3 Å². The van der Waals surface area contributed by atoms with E-state index in [1.54, 1.807) is 6.20 Å². The number of aromatic nitrogens is 2. The molecule has 162 valence electrons. The predicted octanol–water partition coefficient (Wildman–Crippen LogP) is 5.14. The standard InChI is InChI=1S/C23H18F3N5O/c24-23(25,26)17-10-11-21(27-13-17)30-28-12-16-14-31(20-9-5-4-8-19(16)20)15-22(32)29-18-6-2-1-3-7-18/h1-14H,15H2,(H,27,30)(H,29,32)/b28-12-. The Morgan fingerprint density at radius 2 is 1.78 bits per heavy atom. The summed E-state index contributed by atoms with van der Waals surface area (Å²) in [7, 11) is 0. The van der Waals surface area contributed by atoms with Gasteiger partial charge in [0.2, 0.25) is 5.91 Å². The van der Waals surface area contributed by atoms with Crippen LogP contribution < -0.4 is 10.7 Å². The Hall–Kier alpha value is -4.14. The van der Waals surface area contributed by atoms with Crippen molar-refractivity contribution in [3.63, 3.8) is 0 Å². The molecule has 6 nitrogen and oxygen atoms in total. The first-order valence-corrected chi connectivity index (χ1v) is 9.65. The van der Waals surface area contributed by atoms with E-state index < -0.39 is 11.7 Å². The Kier molecular flexibility index (Phi) is 5.89. The van der Waals surface area contributed by atoms with E-state index >= 15 is 0 Å². The van der Waals surface area contributed by atoms with Gasteiger partial charge >= 0.3 is 6.18 Å². The molecule has 32 heavy (non-hydrogen) atoms. The van der Waals surface area contributed by atoms with E-state index in [0.717, 1.165) is 28.7 Å². The van der Waals surface area contributed by atoms with Crippen molar-refractivity contribution in [2.24, 2.45) is 5.10 Å². The van der Waals surface area contributed by atoms with Crippen LogP contribution >= 0.6 is 0 Å². The number of hydrazone groups is 1. The Morgan fingerprint density at radius 1 is 1.03 bits per heavy atom. The van der Waals surface area contributed by atoms with Gasteiger partial charge in [0.05, 0.1) is 11.8 Å². The molecule has 0 saturated carbocycles. The molecule has 4 aromatic rings. The first-order chi connectivity index (χ1) is 15.4. The number of hydrogen-bond donors (Lipinski definition) is 2. The molecular formula is C23H18F3N5O.